The lowest BCUT2D eigenvalue weighted by molar-refractivity contribution is 0.136. The maximum absolute atomic E-state index is 5.48. The molecule has 0 aliphatic carbocycles. The Kier molecular flexibility index (Phi) is 6.26. The fraction of sp³-hybridized carbons (Fsp3) is 1.00. The average Bonchev–Trinajstić information content (AvgIpc) is 2.23. The molecule has 0 aromatic heterocycles. The molecule has 2 unspecified atom stereocenters. The largest absolute Gasteiger partial charge is 0.330 e. The van der Waals surface area contributed by atoms with Crippen LogP contribution in [0, 0.1) is 11.8 Å². The molecule has 1 aliphatic rings. The van der Waals surface area contributed by atoms with Crippen LogP contribution in [0.2, 0.25) is 0 Å². The molecule has 2 nitrogen and oxygen atoms in total. The molecule has 0 aromatic carbocycles. The van der Waals surface area contributed by atoms with Crippen molar-refractivity contribution in [2.75, 3.05) is 26.2 Å². The Morgan fingerprint density at radius 1 is 1.07 bits per heavy atom. The number of hydrogen-bond donors (Lipinski definition) is 1. The molecule has 0 spiro atoms. The fourth-order valence-corrected chi connectivity index (χ4v) is 2.39. The standard InChI is InChI=1S/C13H28N2/c1-12-7-10-15(11-13(12)2)9-6-4-3-5-8-14/h12-13H,3-11,14H2,1-2H3. The van der Waals surface area contributed by atoms with Crippen LogP contribution in [0.4, 0.5) is 0 Å². The zero-order valence-corrected chi connectivity index (χ0v) is 10.5. The third-order valence-corrected chi connectivity index (χ3v) is 3.85. The number of rotatable bonds is 6. The predicted molar refractivity (Wildman–Crippen MR) is 66.9 cm³/mol. The molecule has 0 radical (unpaired) electrons. The third-order valence-electron chi connectivity index (χ3n) is 3.85. The summed E-state index contributed by atoms with van der Waals surface area (Å²) in [4.78, 5) is 2.65. The van der Waals surface area contributed by atoms with Crippen molar-refractivity contribution in [2.24, 2.45) is 17.6 Å². The Morgan fingerprint density at radius 3 is 2.47 bits per heavy atom. The zero-order valence-electron chi connectivity index (χ0n) is 10.5. The molecule has 90 valence electrons. The molecule has 0 amide bonds. The van der Waals surface area contributed by atoms with E-state index in [1.165, 1.54) is 51.7 Å². The summed E-state index contributed by atoms with van der Waals surface area (Å²) in [6, 6.07) is 0. The van der Waals surface area contributed by atoms with Gasteiger partial charge in [0.05, 0.1) is 0 Å². The molecular formula is C13H28N2. The number of piperidine rings is 1. The van der Waals surface area contributed by atoms with Crippen molar-refractivity contribution in [3.8, 4) is 0 Å². The molecule has 0 saturated carbocycles. The van der Waals surface area contributed by atoms with Crippen LogP contribution in [0.3, 0.4) is 0 Å². The highest BCUT2D eigenvalue weighted by Gasteiger charge is 2.21. The summed E-state index contributed by atoms with van der Waals surface area (Å²) in [6.07, 6.45) is 6.63. The maximum atomic E-state index is 5.48. The average molecular weight is 212 g/mol. The van der Waals surface area contributed by atoms with E-state index >= 15 is 0 Å². The number of hydrogen-bond acceptors (Lipinski definition) is 2. The minimum Gasteiger partial charge on any atom is -0.330 e. The van der Waals surface area contributed by atoms with E-state index in [2.05, 4.69) is 18.7 Å². The normalized spacial score (nSPS) is 28.2. The van der Waals surface area contributed by atoms with E-state index in [1.54, 1.807) is 0 Å². The van der Waals surface area contributed by atoms with Gasteiger partial charge in [0, 0.05) is 6.54 Å². The van der Waals surface area contributed by atoms with E-state index in [-0.39, 0.29) is 0 Å². The van der Waals surface area contributed by atoms with Crippen molar-refractivity contribution < 1.29 is 0 Å². The molecule has 0 aromatic rings. The summed E-state index contributed by atoms with van der Waals surface area (Å²) in [6.45, 7) is 9.59. The highest BCUT2D eigenvalue weighted by Crippen LogP contribution is 2.22. The van der Waals surface area contributed by atoms with Gasteiger partial charge in [-0.15, -0.1) is 0 Å². The fourth-order valence-electron chi connectivity index (χ4n) is 2.39. The van der Waals surface area contributed by atoms with Crippen LogP contribution >= 0.6 is 0 Å². The Balaban J connectivity index is 2.02. The van der Waals surface area contributed by atoms with Crippen molar-refractivity contribution in [2.45, 2.75) is 46.0 Å². The lowest BCUT2D eigenvalue weighted by atomic mass is 9.88. The highest BCUT2D eigenvalue weighted by molar-refractivity contribution is 4.74. The van der Waals surface area contributed by atoms with E-state index in [0.29, 0.717) is 0 Å². The smallest absolute Gasteiger partial charge is 0.000957 e. The first-order chi connectivity index (χ1) is 7.24. The number of nitrogens with two attached hydrogens (primary N) is 1. The topological polar surface area (TPSA) is 29.3 Å². The summed E-state index contributed by atoms with van der Waals surface area (Å²) >= 11 is 0. The van der Waals surface area contributed by atoms with Gasteiger partial charge in [-0.05, 0) is 50.7 Å². The van der Waals surface area contributed by atoms with Crippen LogP contribution in [0.25, 0.3) is 0 Å². The second kappa shape index (κ2) is 7.24. The molecule has 1 saturated heterocycles. The SMILES string of the molecule is CC1CCN(CCCCCCN)CC1C. The van der Waals surface area contributed by atoms with Crippen LogP contribution in [-0.4, -0.2) is 31.1 Å². The van der Waals surface area contributed by atoms with E-state index in [0.717, 1.165) is 18.4 Å². The van der Waals surface area contributed by atoms with Crippen molar-refractivity contribution >= 4 is 0 Å². The first-order valence-electron chi connectivity index (χ1n) is 6.66. The predicted octanol–water partition coefficient (Wildman–Crippen LogP) is 2.48. The molecule has 1 fully saturated rings. The minimum absolute atomic E-state index is 0.859. The molecule has 1 rings (SSSR count). The van der Waals surface area contributed by atoms with Crippen molar-refractivity contribution in [3.63, 3.8) is 0 Å². The van der Waals surface area contributed by atoms with Crippen LogP contribution in [-0.2, 0) is 0 Å². The van der Waals surface area contributed by atoms with Gasteiger partial charge >= 0.3 is 0 Å². The quantitative estimate of drug-likeness (QED) is 0.685. The Bertz CT molecular complexity index is 159. The molecule has 1 heterocycles. The van der Waals surface area contributed by atoms with Crippen molar-refractivity contribution in [1.29, 1.82) is 0 Å². The molecule has 15 heavy (non-hydrogen) atoms. The van der Waals surface area contributed by atoms with Gasteiger partial charge < -0.3 is 10.6 Å². The highest BCUT2D eigenvalue weighted by atomic mass is 15.1. The van der Waals surface area contributed by atoms with Crippen molar-refractivity contribution in [1.82, 2.24) is 4.90 Å². The van der Waals surface area contributed by atoms with Gasteiger partial charge in [0.15, 0.2) is 0 Å². The molecule has 2 N–H and O–H groups in total. The van der Waals surface area contributed by atoms with Crippen LogP contribution in [0.15, 0.2) is 0 Å². The van der Waals surface area contributed by atoms with Crippen LogP contribution in [0.1, 0.15) is 46.0 Å². The van der Waals surface area contributed by atoms with Gasteiger partial charge in [-0.2, -0.15) is 0 Å². The number of nitrogens with zero attached hydrogens (tertiary/aromatic N) is 1. The number of unbranched alkanes of at least 4 members (excludes halogenated alkanes) is 3. The molecular weight excluding hydrogens is 184 g/mol. The lowest BCUT2D eigenvalue weighted by Gasteiger charge is -2.35. The van der Waals surface area contributed by atoms with E-state index < -0.39 is 0 Å². The second-order valence-corrected chi connectivity index (χ2v) is 5.25. The summed E-state index contributed by atoms with van der Waals surface area (Å²) < 4.78 is 0. The summed E-state index contributed by atoms with van der Waals surface area (Å²) in [7, 11) is 0. The monoisotopic (exact) mass is 212 g/mol. The minimum atomic E-state index is 0.859. The van der Waals surface area contributed by atoms with Gasteiger partial charge in [0.1, 0.15) is 0 Å². The van der Waals surface area contributed by atoms with Gasteiger partial charge in [-0.25, -0.2) is 0 Å². The van der Waals surface area contributed by atoms with Gasteiger partial charge in [-0.1, -0.05) is 26.7 Å². The zero-order chi connectivity index (χ0) is 11.1. The van der Waals surface area contributed by atoms with Crippen molar-refractivity contribution in [3.05, 3.63) is 0 Å². The molecule has 2 heteroatoms. The van der Waals surface area contributed by atoms with Crippen LogP contribution < -0.4 is 5.73 Å². The molecule has 2 atom stereocenters. The first-order valence-corrected chi connectivity index (χ1v) is 6.66. The molecule has 0 bridgehead atoms. The van der Waals surface area contributed by atoms with Crippen LogP contribution in [0.5, 0.6) is 0 Å². The van der Waals surface area contributed by atoms with Gasteiger partial charge in [0.25, 0.3) is 0 Å². The van der Waals surface area contributed by atoms with E-state index in [9.17, 15) is 0 Å². The summed E-state index contributed by atoms with van der Waals surface area (Å²) in [5.41, 5.74) is 5.48. The maximum Gasteiger partial charge on any atom is 0.000957 e. The lowest BCUT2D eigenvalue weighted by Crippen LogP contribution is -2.38. The molecule has 1 aliphatic heterocycles. The Hall–Kier alpha value is -0.0800. The Morgan fingerprint density at radius 2 is 1.80 bits per heavy atom. The number of likely N-dealkylation sites (tertiary alicyclic amines) is 1. The van der Waals surface area contributed by atoms with E-state index in [1.807, 2.05) is 0 Å². The second-order valence-electron chi connectivity index (χ2n) is 5.25. The third kappa shape index (κ3) is 4.98. The summed E-state index contributed by atoms with van der Waals surface area (Å²) in [5.74, 6) is 1.82. The van der Waals surface area contributed by atoms with E-state index in [4.69, 9.17) is 5.73 Å². The van der Waals surface area contributed by atoms with Gasteiger partial charge in [0.2, 0.25) is 0 Å². The first kappa shape index (κ1) is 13.0. The Labute approximate surface area is 95.2 Å². The van der Waals surface area contributed by atoms with Gasteiger partial charge in [-0.3, -0.25) is 0 Å². The summed E-state index contributed by atoms with van der Waals surface area (Å²) in [5, 5.41) is 0.